The van der Waals surface area contributed by atoms with Gasteiger partial charge in [0.25, 0.3) is 0 Å². The molecular formula is C11H13ClO3. The molecule has 0 saturated heterocycles. The third-order valence-corrected chi connectivity index (χ3v) is 2.41. The van der Waals surface area contributed by atoms with Crippen LogP contribution in [0.25, 0.3) is 0 Å². The van der Waals surface area contributed by atoms with Gasteiger partial charge in [0.15, 0.2) is 0 Å². The van der Waals surface area contributed by atoms with Crippen molar-refractivity contribution in [1.29, 1.82) is 0 Å². The topological polar surface area (TPSA) is 46.5 Å². The maximum Gasteiger partial charge on any atom is 0.341 e. The summed E-state index contributed by atoms with van der Waals surface area (Å²) in [5, 5.41) is 9.17. The number of carbonyl (C=O) groups is 1. The van der Waals surface area contributed by atoms with Gasteiger partial charge in [-0.25, -0.2) is 4.79 Å². The number of aromatic carboxylic acids is 1. The molecule has 0 aliphatic heterocycles. The predicted molar refractivity (Wildman–Crippen MR) is 58.8 cm³/mol. The Hall–Kier alpha value is -1.22. The quantitative estimate of drug-likeness (QED) is 0.861. The lowest BCUT2D eigenvalue weighted by atomic mass is 10.2. The molecule has 1 aromatic carbocycles. The highest BCUT2D eigenvalue weighted by atomic mass is 35.5. The number of carboxylic acid groups (broad SMARTS) is 1. The normalized spacial score (nSPS) is 12.2. The van der Waals surface area contributed by atoms with Gasteiger partial charge in [0.1, 0.15) is 11.3 Å². The molecule has 0 aliphatic rings. The lowest BCUT2D eigenvalue weighted by molar-refractivity contribution is 0.0690. The second-order valence-electron chi connectivity index (χ2n) is 3.25. The zero-order valence-electron chi connectivity index (χ0n) is 8.66. The summed E-state index contributed by atoms with van der Waals surface area (Å²) >= 11 is 5.79. The number of carboxylic acids is 1. The molecule has 3 nitrogen and oxygen atoms in total. The molecule has 1 aromatic rings. The van der Waals surface area contributed by atoms with Gasteiger partial charge in [-0.05, 0) is 25.5 Å². The van der Waals surface area contributed by atoms with E-state index in [0.29, 0.717) is 5.75 Å². The molecule has 1 N–H and O–H groups in total. The Kier molecular flexibility index (Phi) is 3.97. The van der Waals surface area contributed by atoms with Gasteiger partial charge >= 0.3 is 5.97 Å². The van der Waals surface area contributed by atoms with Crippen molar-refractivity contribution in [3.63, 3.8) is 0 Å². The summed E-state index contributed by atoms with van der Waals surface area (Å²) in [7, 11) is 0. The minimum Gasteiger partial charge on any atom is -0.490 e. The Balaban J connectivity index is 3.06. The number of rotatable bonds is 4. The molecule has 0 saturated carbocycles. The zero-order chi connectivity index (χ0) is 11.4. The molecular weight excluding hydrogens is 216 g/mol. The maximum absolute atomic E-state index is 10.9. The van der Waals surface area contributed by atoms with Crippen molar-refractivity contribution in [2.45, 2.75) is 26.4 Å². The molecule has 0 radical (unpaired) electrons. The molecule has 82 valence electrons. The molecule has 0 aromatic heterocycles. The van der Waals surface area contributed by atoms with Crippen LogP contribution in [0.4, 0.5) is 0 Å². The lowest BCUT2D eigenvalue weighted by Crippen LogP contribution is -2.12. The smallest absolute Gasteiger partial charge is 0.341 e. The van der Waals surface area contributed by atoms with Gasteiger partial charge in [0.05, 0.1) is 11.1 Å². The van der Waals surface area contributed by atoms with Crippen LogP contribution in [0.1, 0.15) is 30.6 Å². The SMILES string of the molecule is CCC(C)Oc1cccc(Cl)c1C(=O)O. The first-order chi connectivity index (χ1) is 7.06. The van der Waals surface area contributed by atoms with Crippen molar-refractivity contribution in [1.82, 2.24) is 0 Å². The van der Waals surface area contributed by atoms with Crippen LogP contribution in [-0.4, -0.2) is 17.2 Å². The van der Waals surface area contributed by atoms with Crippen LogP contribution < -0.4 is 4.74 Å². The van der Waals surface area contributed by atoms with Crippen molar-refractivity contribution in [2.75, 3.05) is 0 Å². The van der Waals surface area contributed by atoms with E-state index in [4.69, 9.17) is 21.4 Å². The third-order valence-electron chi connectivity index (χ3n) is 2.09. The van der Waals surface area contributed by atoms with Gasteiger partial charge in [-0.15, -0.1) is 0 Å². The summed E-state index contributed by atoms with van der Waals surface area (Å²) in [6.07, 6.45) is 0.785. The number of ether oxygens (including phenoxy) is 1. The van der Waals surface area contributed by atoms with E-state index in [1.165, 1.54) is 6.07 Å². The van der Waals surface area contributed by atoms with E-state index in [0.717, 1.165) is 6.42 Å². The largest absolute Gasteiger partial charge is 0.490 e. The van der Waals surface area contributed by atoms with E-state index < -0.39 is 5.97 Å². The fourth-order valence-electron chi connectivity index (χ4n) is 1.11. The number of halogens is 1. The molecule has 15 heavy (non-hydrogen) atoms. The third kappa shape index (κ3) is 2.86. The predicted octanol–water partition coefficient (Wildman–Crippen LogP) is 3.22. The van der Waals surface area contributed by atoms with E-state index in [1.807, 2.05) is 13.8 Å². The van der Waals surface area contributed by atoms with Gasteiger partial charge in [-0.1, -0.05) is 24.6 Å². The molecule has 0 heterocycles. The molecule has 1 unspecified atom stereocenters. The van der Waals surface area contributed by atoms with Crippen LogP contribution in [0.15, 0.2) is 18.2 Å². The first-order valence-electron chi connectivity index (χ1n) is 4.74. The van der Waals surface area contributed by atoms with Crippen molar-refractivity contribution >= 4 is 17.6 Å². The summed E-state index contributed by atoms with van der Waals surface area (Å²) in [4.78, 5) is 10.9. The average Bonchev–Trinajstić information content (AvgIpc) is 2.17. The van der Waals surface area contributed by atoms with E-state index in [9.17, 15) is 4.79 Å². The van der Waals surface area contributed by atoms with Gasteiger partial charge in [0, 0.05) is 0 Å². The highest BCUT2D eigenvalue weighted by Crippen LogP contribution is 2.27. The second-order valence-corrected chi connectivity index (χ2v) is 3.66. The number of benzene rings is 1. The van der Waals surface area contributed by atoms with Crippen LogP contribution in [0.2, 0.25) is 5.02 Å². The van der Waals surface area contributed by atoms with Crippen LogP contribution in [0, 0.1) is 0 Å². The van der Waals surface area contributed by atoms with E-state index in [-0.39, 0.29) is 16.7 Å². The Morgan fingerprint density at radius 3 is 2.80 bits per heavy atom. The standard InChI is InChI=1S/C11H13ClO3/c1-3-7(2)15-9-6-4-5-8(12)10(9)11(13)14/h4-7H,3H2,1-2H3,(H,13,14). The average molecular weight is 229 g/mol. The Morgan fingerprint density at radius 1 is 1.60 bits per heavy atom. The summed E-state index contributed by atoms with van der Waals surface area (Å²) in [6.45, 7) is 3.85. The maximum atomic E-state index is 10.9. The molecule has 0 bridgehead atoms. The molecule has 0 amide bonds. The highest BCUT2D eigenvalue weighted by molar-refractivity contribution is 6.33. The Labute approximate surface area is 93.6 Å². The number of hydrogen-bond donors (Lipinski definition) is 1. The van der Waals surface area contributed by atoms with E-state index >= 15 is 0 Å². The molecule has 1 atom stereocenters. The van der Waals surface area contributed by atoms with E-state index in [2.05, 4.69) is 0 Å². The van der Waals surface area contributed by atoms with Gasteiger partial charge < -0.3 is 9.84 Å². The van der Waals surface area contributed by atoms with Crippen molar-refractivity contribution in [3.05, 3.63) is 28.8 Å². The van der Waals surface area contributed by atoms with Crippen LogP contribution in [0.5, 0.6) is 5.75 Å². The molecule has 0 spiro atoms. The fourth-order valence-corrected chi connectivity index (χ4v) is 1.36. The minimum absolute atomic E-state index is 0.0263. The first kappa shape index (κ1) is 11.9. The Morgan fingerprint density at radius 2 is 2.27 bits per heavy atom. The molecule has 4 heteroatoms. The summed E-state index contributed by atoms with van der Waals surface area (Å²) in [5.74, 6) is -0.747. The minimum atomic E-state index is -1.07. The zero-order valence-corrected chi connectivity index (χ0v) is 9.41. The monoisotopic (exact) mass is 228 g/mol. The Bertz CT molecular complexity index is 363. The van der Waals surface area contributed by atoms with E-state index in [1.54, 1.807) is 12.1 Å². The summed E-state index contributed by atoms with van der Waals surface area (Å²) < 4.78 is 5.47. The lowest BCUT2D eigenvalue weighted by Gasteiger charge is -2.14. The summed E-state index contributed by atoms with van der Waals surface area (Å²) in [5.41, 5.74) is 0.0273. The summed E-state index contributed by atoms with van der Waals surface area (Å²) in [6, 6.07) is 4.82. The van der Waals surface area contributed by atoms with Crippen LogP contribution in [-0.2, 0) is 0 Å². The van der Waals surface area contributed by atoms with Crippen LogP contribution >= 0.6 is 11.6 Å². The van der Waals surface area contributed by atoms with Crippen molar-refractivity contribution in [3.8, 4) is 5.75 Å². The first-order valence-corrected chi connectivity index (χ1v) is 5.12. The molecule has 1 rings (SSSR count). The van der Waals surface area contributed by atoms with Crippen molar-refractivity contribution < 1.29 is 14.6 Å². The molecule has 0 aliphatic carbocycles. The second kappa shape index (κ2) is 5.03. The highest BCUT2D eigenvalue weighted by Gasteiger charge is 2.16. The van der Waals surface area contributed by atoms with Crippen LogP contribution in [0.3, 0.4) is 0 Å². The molecule has 0 fully saturated rings. The number of hydrogen-bond acceptors (Lipinski definition) is 2. The van der Waals surface area contributed by atoms with Crippen molar-refractivity contribution in [2.24, 2.45) is 0 Å². The van der Waals surface area contributed by atoms with Gasteiger partial charge in [-0.2, -0.15) is 0 Å². The fraction of sp³-hybridized carbons (Fsp3) is 0.364. The van der Waals surface area contributed by atoms with Gasteiger partial charge in [0.2, 0.25) is 0 Å². The van der Waals surface area contributed by atoms with Gasteiger partial charge in [-0.3, -0.25) is 0 Å².